The molecular formula is C8H17NO3. The Bertz CT molecular complexity index is 138. The molecule has 2 N–H and O–H groups in total. The van der Waals surface area contributed by atoms with Crippen LogP contribution in [0.4, 0.5) is 0 Å². The second-order valence-electron chi connectivity index (χ2n) is 3.00. The van der Waals surface area contributed by atoms with Gasteiger partial charge in [0.2, 0.25) is 0 Å². The van der Waals surface area contributed by atoms with Gasteiger partial charge in [0.05, 0.1) is 12.5 Å². The van der Waals surface area contributed by atoms with Gasteiger partial charge in [0.1, 0.15) is 0 Å². The predicted molar refractivity (Wildman–Crippen MR) is 46.1 cm³/mol. The highest BCUT2D eigenvalue weighted by molar-refractivity contribution is 5.69. The lowest BCUT2D eigenvalue weighted by molar-refractivity contribution is -0.141. The lowest BCUT2D eigenvalue weighted by Gasteiger charge is -2.14. The van der Waals surface area contributed by atoms with Crippen LogP contribution >= 0.6 is 0 Å². The summed E-state index contributed by atoms with van der Waals surface area (Å²) < 4.78 is 4.89. The highest BCUT2D eigenvalue weighted by atomic mass is 16.5. The summed E-state index contributed by atoms with van der Waals surface area (Å²) >= 11 is 0. The standard InChI is InChI=1S/C8H17NO3/c1-6(8(10)11)4-9-7(2)5-12-3/h6-7,9H,4-5H2,1-3H3,(H,10,11). The van der Waals surface area contributed by atoms with E-state index in [0.29, 0.717) is 13.2 Å². The van der Waals surface area contributed by atoms with Crippen LogP contribution in [0.5, 0.6) is 0 Å². The zero-order valence-electron chi connectivity index (χ0n) is 7.83. The minimum absolute atomic E-state index is 0.205. The molecule has 4 nitrogen and oxygen atoms in total. The van der Waals surface area contributed by atoms with E-state index in [1.807, 2.05) is 6.92 Å². The number of hydrogen-bond acceptors (Lipinski definition) is 3. The predicted octanol–water partition coefficient (Wildman–Crippen LogP) is 0.332. The molecule has 0 heterocycles. The zero-order valence-corrected chi connectivity index (χ0v) is 7.83. The first-order chi connectivity index (χ1) is 5.57. The molecule has 0 aromatic rings. The third kappa shape index (κ3) is 5.09. The molecule has 0 fully saturated rings. The number of ether oxygens (including phenoxy) is 1. The Morgan fingerprint density at radius 3 is 2.58 bits per heavy atom. The van der Waals surface area contributed by atoms with E-state index in [4.69, 9.17) is 9.84 Å². The van der Waals surface area contributed by atoms with Gasteiger partial charge < -0.3 is 15.2 Å². The van der Waals surface area contributed by atoms with Gasteiger partial charge in [-0.3, -0.25) is 4.79 Å². The Kier molecular flexibility index (Phi) is 5.66. The summed E-state index contributed by atoms with van der Waals surface area (Å²) in [5.41, 5.74) is 0. The van der Waals surface area contributed by atoms with Gasteiger partial charge in [-0.15, -0.1) is 0 Å². The second kappa shape index (κ2) is 5.97. The van der Waals surface area contributed by atoms with Crippen LogP contribution in [0.25, 0.3) is 0 Å². The first-order valence-electron chi connectivity index (χ1n) is 4.03. The molecule has 0 bridgehead atoms. The Morgan fingerprint density at radius 1 is 1.58 bits per heavy atom. The molecule has 0 aromatic carbocycles. The van der Waals surface area contributed by atoms with E-state index < -0.39 is 5.97 Å². The number of carbonyl (C=O) groups is 1. The van der Waals surface area contributed by atoms with Crippen molar-refractivity contribution in [2.45, 2.75) is 19.9 Å². The monoisotopic (exact) mass is 175 g/mol. The summed E-state index contributed by atoms with van der Waals surface area (Å²) in [6.07, 6.45) is 0. The lowest BCUT2D eigenvalue weighted by atomic mass is 10.2. The largest absolute Gasteiger partial charge is 0.481 e. The second-order valence-corrected chi connectivity index (χ2v) is 3.00. The van der Waals surface area contributed by atoms with Gasteiger partial charge >= 0.3 is 5.97 Å². The third-order valence-electron chi connectivity index (χ3n) is 1.61. The molecule has 2 atom stereocenters. The van der Waals surface area contributed by atoms with E-state index in [0.717, 1.165) is 0 Å². The minimum atomic E-state index is -0.771. The Hall–Kier alpha value is -0.610. The van der Waals surface area contributed by atoms with Gasteiger partial charge in [-0.2, -0.15) is 0 Å². The first-order valence-corrected chi connectivity index (χ1v) is 4.03. The molecule has 0 aliphatic heterocycles. The number of aliphatic carboxylic acids is 1. The van der Waals surface area contributed by atoms with Crippen molar-refractivity contribution in [3.63, 3.8) is 0 Å². The molecule has 0 spiro atoms. The number of rotatable bonds is 6. The fraction of sp³-hybridized carbons (Fsp3) is 0.875. The van der Waals surface area contributed by atoms with E-state index in [2.05, 4.69) is 5.32 Å². The highest BCUT2D eigenvalue weighted by Gasteiger charge is 2.11. The van der Waals surface area contributed by atoms with E-state index in [1.54, 1.807) is 14.0 Å². The molecule has 72 valence electrons. The Labute approximate surface area is 72.9 Å². The van der Waals surface area contributed by atoms with Gasteiger partial charge in [-0.05, 0) is 6.92 Å². The van der Waals surface area contributed by atoms with Crippen molar-refractivity contribution in [1.29, 1.82) is 0 Å². The maximum Gasteiger partial charge on any atom is 0.307 e. The SMILES string of the molecule is COCC(C)NCC(C)C(=O)O. The molecule has 0 radical (unpaired) electrons. The molecule has 4 heteroatoms. The number of carboxylic acid groups (broad SMARTS) is 1. The first kappa shape index (κ1) is 11.4. The van der Waals surface area contributed by atoms with Gasteiger partial charge in [0, 0.05) is 19.7 Å². The number of hydrogen-bond donors (Lipinski definition) is 2. The molecule has 0 aliphatic carbocycles. The summed E-state index contributed by atoms with van der Waals surface area (Å²) in [5.74, 6) is -1.11. The summed E-state index contributed by atoms with van der Waals surface area (Å²) in [5, 5.41) is 11.6. The molecule has 2 unspecified atom stereocenters. The van der Waals surface area contributed by atoms with Crippen LogP contribution in [-0.2, 0) is 9.53 Å². The summed E-state index contributed by atoms with van der Waals surface area (Å²) in [7, 11) is 1.62. The average molecular weight is 175 g/mol. The molecule has 0 aliphatic rings. The van der Waals surface area contributed by atoms with Gasteiger partial charge in [-0.25, -0.2) is 0 Å². The smallest absolute Gasteiger partial charge is 0.307 e. The van der Waals surface area contributed by atoms with Crippen molar-refractivity contribution in [3.8, 4) is 0 Å². The molecule has 0 aromatic heterocycles. The molecular weight excluding hydrogens is 158 g/mol. The Morgan fingerprint density at radius 2 is 2.17 bits per heavy atom. The normalized spacial score (nSPS) is 15.6. The van der Waals surface area contributed by atoms with Crippen LogP contribution in [-0.4, -0.2) is 37.4 Å². The minimum Gasteiger partial charge on any atom is -0.481 e. The average Bonchev–Trinajstić information content (AvgIpc) is 2.00. The number of methoxy groups -OCH3 is 1. The van der Waals surface area contributed by atoms with Crippen LogP contribution in [0.3, 0.4) is 0 Å². The van der Waals surface area contributed by atoms with Gasteiger partial charge in [0.15, 0.2) is 0 Å². The molecule has 0 amide bonds. The van der Waals surface area contributed by atoms with E-state index in [1.165, 1.54) is 0 Å². The topological polar surface area (TPSA) is 58.6 Å². The fourth-order valence-corrected chi connectivity index (χ4v) is 0.774. The van der Waals surface area contributed by atoms with E-state index >= 15 is 0 Å². The molecule has 0 rings (SSSR count). The quantitative estimate of drug-likeness (QED) is 0.611. The van der Waals surface area contributed by atoms with Crippen LogP contribution in [0, 0.1) is 5.92 Å². The third-order valence-corrected chi connectivity index (χ3v) is 1.61. The summed E-state index contributed by atoms with van der Waals surface area (Å²) in [6, 6.07) is 0.205. The fourth-order valence-electron chi connectivity index (χ4n) is 0.774. The van der Waals surface area contributed by atoms with Crippen molar-refractivity contribution in [3.05, 3.63) is 0 Å². The molecule has 0 saturated carbocycles. The van der Waals surface area contributed by atoms with Gasteiger partial charge in [-0.1, -0.05) is 6.92 Å². The number of carboxylic acids is 1. The van der Waals surface area contributed by atoms with E-state index in [9.17, 15) is 4.79 Å². The van der Waals surface area contributed by atoms with Crippen LogP contribution in [0.1, 0.15) is 13.8 Å². The van der Waals surface area contributed by atoms with Crippen molar-refractivity contribution in [1.82, 2.24) is 5.32 Å². The van der Waals surface area contributed by atoms with Crippen LogP contribution in [0.2, 0.25) is 0 Å². The number of nitrogens with one attached hydrogen (secondary N) is 1. The van der Waals surface area contributed by atoms with E-state index in [-0.39, 0.29) is 12.0 Å². The zero-order chi connectivity index (χ0) is 9.56. The van der Waals surface area contributed by atoms with Crippen LogP contribution < -0.4 is 5.32 Å². The van der Waals surface area contributed by atoms with Gasteiger partial charge in [0.25, 0.3) is 0 Å². The van der Waals surface area contributed by atoms with Crippen molar-refractivity contribution < 1.29 is 14.6 Å². The summed E-state index contributed by atoms with van der Waals surface area (Å²) in [4.78, 5) is 10.4. The summed E-state index contributed by atoms with van der Waals surface area (Å²) in [6.45, 7) is 4.72. The molecule has 0 saturated heterocycles. The maximum absolute atomic E-state index is 10.4. The van der Waals surface area contributed by atoms with Crippen molar-refractivity contribution in [2.75, 3.05) is 20.3 Å². The van der Waals surface area contributed by atoms with Crippen molar-refractivity contribution >= 4 is 5.97 Å². The Balaban J connectivity index is 3.46. The van der Waals surface area contributed by atoms with Crippen molar-refractivity contribution in [2.24, 2.45) is 5.92 Å². The maximum atomic E-state index is 10.4. The molecule has 12 heavy (non-hydrogen) atoms. The highest BCUT2D eigenvalue weighted by Crippen LogP contribution is 1.93. The lowest BCUT2D eigenvalue weighted by Crippen LogP contribution is -2.35. The van der Waals surface area contributed by atoms with Crippen LogP contribution in [0.15, 0.2) is 0 Å².